The van der Waals surface area contributed by atoms with Crippen LogP contribution in [0.3, 0.4) is 0 Å². The number of hydrogen-bond acceptors (Lipinski definition) is 5. The average molecular weight is 239 g/mol. The fourth-order valence-electron chi connectivity index (χ4n) is 2.01. The Morgan fingerprint density at radius 3 is 3.06 bits per heavy atom. The van der Waals surface area contributed by atoms with Crippen molar-refractivity contribution in [3.63, 3.8) is 0 Å². The molecular formula is C11H17N3O3. The minimum Gasteiger partial charge on any atom is -0.439 e. The maximum absolute atomic E-state index is 11.9. The summed E-state index contributed by atoms with van der Waals surface area (Å²) < 4.78 is 9.93. The number of nitrogens with zero attached hydrogens (tertiary/aromatic N) is 3. The molecule has 1 amide bonds. The Morgan fingerprint density at radius 1 is 1.59 bits per heavy atom. The van der Waals surface area contributed by atoms with E-state index >= 15 is 0 Å². The van der Waals surface area contributed by atoms with Crippen molar-refractivity contribution in [1.82, 2.24) is 15.0 Å². The van der Waals surface area contributed by atoms with Crippen molar-refractivity contribution < 1.29 is 14.1 Å². The van der Waals surface area contributed by atoms with E-state index in [9.17, 15) is 4.79 Å². The first kappa shape index (κ1) is 11.9. The molecule has 0 saturated carbocycles. The summed E-state index contributed by atoms with van der Waals surface area (Å²) in [5.41, 5.74) is 0. The number of aryl methyl sites for hydroxylation is 1. The van der Waals surface area contributed by atoms with Crippen LogP contribution in [0.25, 0.3) is 0 Å². The molecule has 0 bridgehead atoms. The summed E-state index contributed by atoms with van der Waals surface area (Å²) in [5, 5.41) is 3.59. The molecule has 2 heterocycles. The van der Waals surface area contributed by atoms with Gasteiger partial charge in [0.2, 0.25) is 0 Å². The largest absolute Gasteiger partial charge is 0.439 e. The predicted octanol–water partition coefficient (Wildman–Crippen LogP) is 1.16. The molecule has 0 spiro atoms. The van der Waals surface area contributed by atoms with E-state index < -0.39 is 0 Å². The monoisotopic (exact) mass is 239 g/mol. The zero-order valence-electron chi connectivity index (χ0n) is 10.2. The number of carbonyl (C=O) groups excluding carboxylic acids is 1. The van der Waals surface area contributed by atoms with Crippen LogP contribution in [-0.4, -0.2) is 40.1 Å². The molecule has 17 heavy (non-hydrogen) atoms. The highest BCUT2D eigenvalue weighted by molar-refractivity contribution is 5.78. The molecule has 1 aromatic rings. The molecule has 94 valence electrons. The summed E-state index contributed by atoms with van der Waals surface area (Å²) in [6, 6.07) is 0.296. The number of likely N-dealkylation sites (tertiary alicyclic amines) is 1. The topological polar surface area (TPSA) is 68.5 Å². The van der Waals surface area contributed by atoms with Crippen LogP contribution < -0.4 is 4.74 Å². The third-order valence-electron chi connectivity index (χ3n) is 2.95. The Bertz CT molecular complexity index is 391. The summed E-state index contributed by atoms with van der Waals surface area (Å²) in [6.07, 6.45) is 3.37. The summed E-state index contributed by atoms with van der Waals surface area (Å²) in [5.74, 6) is 0.479. The van der Waals surface area contributed by atoms with Gasteiger partial charge in [0.1, 0.15) is 0 Å². The Labute approximate surface area is 99.9 Å². The fourth-order valence-corrected chi connectivity index (χ4v) is 2.01. The van der Waals surface area contributed by atoms with Gasteiger partial charge in [0.25, 0.3) is 5.91 Å². The van der Waals surface area contributed by atoms with Gasteiger partial charge in [-0.15, -0.1) is 0 Å². The molecule has 6 heteroatoms. The first-order valence-electron chi connectivity index (χ1n) is 5.89. The molecule has 0 aliphatic carbocycles. The van der Waals surface area contributed by atoms with Crippen molar-refractivity contribution >= 4 is 5.91 Å². The molecule has 6 nitrogen and oxygen atoms in total. The van der Waals surface area contributed by atoms with Crippen LogP contribution in [0.4, 0.5) is 0 Å². The molecule has 1 saturated heterocycles. The first-order chi connectivity index (χ1) is 8.16. The van der Waals surface area contributed by atoms with Crippen molar-refractivity contribution in [2.75, 3.05) is 13.2 Å². The zero-order chi connectivity index (χ0) is 12.3. The minimum atomic E-state index is -0.0357. The molecule has 0 N–H and O–H groups in total. The van der Waals surface area contributed by atoms with Crippen molar-refractivity contribution in [1.29, 1.82) is 0 Å². The van der Waals surface area contributed by atoms with Crippen LogP contribution in [0.15, 0.2) is 4.52 Å². The fraction of sp³-hybridized carbons (Fsp3) is 0.727. The van der Waals surface area contributed by atoms with Crippen LogP contribution in [0.5, 0.6) is 6.08 Å². The highest BCUT2D eigenvalue weighted by atomic mass is 16.6. The van der Waals surface area contributed by atoms with Crippen LogP contribution in [0.1, 0.15) is 32.0 Å². The number of carbonyl (C=O) groups is 1. The van der Waals surface area contributed by atoms with Gasteiger partial charge in [0.05, 0.1) is 0 Å². The van der Waals surface area contributed by atoms with Crippen molar-refractivity contribution in [2.45, 2.75) is 39.2 Å². The van der Waals surface area contributed by atoms with Gasteiger partial charge in [0.15, 0.2) is 12.4 Å². The number of piperidine rings is 1. The number of aromatic nitrogens is 2. The van der Waals surface area contributed by atoms with Crippen LogP contribution in [0.2, 0.25) is 0 Å². The van der Waals surface area contributed by atoms with E-state index in [2.05, 4.69) is 17.1 Å². The molecule has 1 aliphatic heterocycles. The Hall–Kier alpha value is -1.59. The van der Waals surface area contributed by atoms with Gasteiger partial charge in [-0.25, -0.2) is 0 Å². The lowest BCUT2D eigenvalue weighted by atomic mass is 10.0. The summed E-state index contributed by atoms with van der Waals surface area (Å²) in [4.78, 5) is 17.6. The number of ether oxygens (including phenoxy) is 1. The lowest BCUT2D eigenvalue weighted by molar-refractivity contribution is -0.137. The van der Waals surface area contributed by atoms with Crippen molar-refractivity contribution in [3.8, 4) is 6.08 Å². The summed E-state index contributed by atoms with van der Waals surface area (Å²) in [7, 11) is 0. The van der Waals surface area contributed by atoms with Crippen LogP contribution in [-0.2, 0) is 4.79 Å². The second-order valence-electron chi connectivity index (χ2n) is 4.33. The summed E-state index contributed by atoms with van der Waals surface area (Å²) >= 11 is 0. The van der Waals surface area contributed by atoms with Crippen LogP contribution >= 0.6 is 0 Å². The second-order valence-corrected chi connectivity index (χ2v) is 4.33. The number of hydrogen-bond donors (Lipinski definition) is 0. The van der Waals surface area contributed by atoms with E-state index in [0.29, 0.717) is 11.9 Å². The van der Waals surface area contributed by atoms with Crippen molar-refractivity contribution in [2.24, 2.45) is 0 Å². The molecule has 1 fully saturated rings. The van der Waals surface area contributed by atoms with E-state index in [4.69, 9.17) is 9.26 Å². The molecule has 1 aliphatic rings. The molecular weight excluding hydrogens is 222 g/mol. The molecule has 0 unspecified atom stereocenters. The molecule has 1 aromatic heterocycles. The number of amides is 1. The molecule has 0 aromatic carbocycles. The van der Waals surface area contributed by atoms with Gasteiger partial charge in [-0.2, -0.15) is 4.98 Å². The predicted molar refractivity (Wildman–Crippen MR) is 59.6 cm³/mol. The van der Waals surface area contributed by atoms with Crippen LogP contribution in [0, 0.1) is 6.92 Å². The van der Waals surface area contributed by atoms with E-state index in [1.807, 2.05) is 4.90 Å². The lowest BCUT2D eigenvalue weighted by Gasteiger charge is -2.33. The number of rotatable bonds is 3. The van der Waals surface area contributed by atoms with Gasteiger partial charge in [-0.3, -0.25) is 9.32 Å². The highest BCUT2D eigenvalue weighted by Crippen LogP contribution is 2.16. The van der Waals surface area contributed by atoms with E-state index in [1.54, 1.807) is 6.92 Å². The molecule has 1 atom stereocenters. The van der Waals surface area contributed by atoms with E-state index in [1.165, 1.54) is 6.42 Å². The molecule has 2 rings (SSSR count). The van der Waals surface area contributed by atoms with Gasteiger partial charge >= 0.3 is 6.08 Å². The smallest absolute Gasteiger partial charge is 0.417 e. The Kier molecular flexibility index (Phi) is 3.61. The third-order valence-corrected chi connectivity index (χ3v) is 2.95. The van der Waals surface area contributed by atoms with Gasteiger partial charge in [-0.05, 0) is 33.1 Å². The molecule has 0 radical (unpaired) electrons. The van der Waals surface area contributed by atoms with Gasteiger partial charge in [0, 0.05) is 12.6 Å². The Balaban J connectivity index is 1.84. The SMILES string of the molecule is Cc1noc(OCC(=O)N2CCCC[C@@H]2C)n1. The standard InChI is InChI=1S/C11H17N3O3/c1-8-5-3-4-6-14(8)10(15)7-16-11-12-9(2)13-17-11/h8H,3-7H2,1-2H3/t8-/m0/s1. The highest BCUT2D eigenvalue weighted by Gasteiger charge is 2.23. The maximum atomic E-state index is 11.9. The lowest BCUT2D eigenvalue weighted by Crippen LogP contribution is -2.44. The average Bonchev–Trinajstić information content (AvgIpc) is 2.73. The van der Waals surface area contributed by atoms with Gasteiger partial charge < -0.3 is 9.64 Å². The second kappa shape index (κ2) is 5.16. The first-order valence-corrected chi connectivity index (χ1v) is 5.89. The zero-order valence-corrected chi connectivity index (χ0v) is 10.2. The maximum Gasteiger partial charge on any atom is 0.417 e. The normalized spacial score (nSPS) is 20.4. The Morgan fingerprint density at radius 2 is 2.41 bits per heavy atom. The summed E-state index contributed by atoms with van der Waals surface area (Å²) in [6.45, 7) is 4.54. The quantitative estimate of drug-likeness (QED) is 0.791. The van der Waals surface area contributed by atoms with Crippen molar-refractivity contribution in [3.05, 3.63) is 5.82 Å². The third kappa shape index (κ3) is 2.95. The van der Waals surface area contributed by atoms with E-state index in [0.717, 1.165) is 19.4 Å². The van der Waals surface area contributed by atoms with Gasteiger partial charge in [-0.1, -0.05) is 5.16 Å². The minimum absolute atomic E-state index is 0.0203. The van der Waals surface area contributed by atoms with E-state index in [-0.39, 0.29) is 18.6 Å².